The SMILES string of the molecule is CC1c2cc(O)ccc2OC(C)(CCN2CCN(C(=O)[C@@H](N)CS)CC2)C1(C)C. The standard InChI is InChI=1S/C22H35N3O3S/c1-15-17-13-16(26)5-6-19(17)28-22(4,21(15,2)3)7-8-24-9-11-25(12-10-24)20(27)18(23)14-29/h5-6,13,15,18,26,29H,7-12,14,23H2,1-4H3/t15?,18-,22?/m0/s1. The van der Waals surface area contributed by atoms with E-state index in [4.69, 9.17) is 10.5 Å². The Morgan fingerprint density at radius 2 is 1.97 bits per heavy atom. The van der Waals surface area contributed by atoms with Gasteiger partial charge < -0.3 is 20.5 Å². The van der Waals surface area contributed by atoms with Crippen molar-refractivity contribution in [1.82, 2.24) is 9.80 Å². The molecule has 1 aromatic carbocycles. The van der Waals surface area contributed by atoms with Gasteiger partial charge in [-0.3, -0.25) is 9.69 Å². The lowest BCUT2D eigenvalue weighted by Crippen LogP contribution is -2.56. The number of benzene rings is 1. The summed E-state index contributed by atoms with van der Waals surface area (Å²) in [6.07, 6.45) is 0.898. The fourth-order valence-electron chi connectivity index (χ4n) is 4.44. The molecule has 1 amide bonds. The van der Waals surface area contributed by atoms with Crippen LogP contribution in [0.2, 0.25) is 0 Å². The van der Waals surface area contributed by atoms with Gasteiger partial charge in [-0.2, -0.15) is 12.6 Å². The number of nitrogens with two attached hydrogens (primary N) is 1. The molecule has 0 aliphatic carbocycles. The molecule has 0 aromatic heterocycles. The van der Waals surface area contributed by atoms with Gasteiger partial charge in [0.1, 0.15) is 17.1 Å². The van der Waals surface area contributed by atoms with Gasteiger partial charge >= 0.3 is 0 Å². The predicted molar refractivity (Wildman–Crippen MR) is 119 cm³/mol. The zero-order chi connectivity index (χ0) is 21.4. The lowest BCUT2D eigenvalue weighted by Gasteiger charge is -2.52. The van der Waals surface area contributed by atoms with Crippen LogP contribution in [-0.4, -0.2) is 70.9 Å². The highest BCUT2D eigenvalue weighted by Gasteiger charge is 2.51. The minimum atomic E-state index is -0.513. The predicted octanol–water partition coefficient (Wildman–Crippen LogP) is 2.46. The number of phenols is 1. The molecule has 0 saturated carbocycles. The summed E-state index contributed by atoms with van der Waals surface area (Å²) in [6, 6.07) is 4.88. The van der Waals surface area contributed by atoms with Gasteiger partial charge in [0.25, 0.3) is 0 Å². The zero-order valence-electron chi connectivity index (χ0n) is 18.0. The number of carbonyl (C=O) groups is 1. The van der Waals surface area contributed by atoms with Crippen molar-refractivity contribution in [3.63, 3.8) is 0 Å². The molecular weight excluding hydrogens is 386 g/mol. The number of aromatic hydroxyl groups is 1. The molecule has 1 saturated heterocycles. The van der Waals surface area contributed by atoms with E-state index in [0.29, 0.717) is 18.8 Å². The first-order valence-electron chi connectivity index (χ1n) is 10.5. The average Bonchev–Trinajstić information content (AvgIpc) is 2.71. The maximum atomic E-state index is 12.2. The molecule has 3 atom stereocenters. The number of amides is 1. The molecule has 3 N–H and O–H groups in total. The maximum Gasteiger partial charge on any atom is 0.240 e. The molecule has 1 aromatic rings. The van der Waals surface area contributed by atoms with Crippen LogP contribution in [0, 0.1) is 5.41 Å². The molecule has 2 aliphatic rings. The first-order chi connectivity index (χ1) is 13.6. The smallest absolute Gasteiger partial charge is 0.240 e. The van der Waals surface area contributed by atoms with Crippen LogP contribution in [0.15, 0.2) is 18.2 Å². The number of piperazine rings is 1. The Kier molecular flexibility index (Phi) is 6.41. The number of fused-ring (bicyclic) bond motifs is 1. The van der Waals surface area contributed by atoms with E-state index < -0.39 is 6.04 Å². The van der Waals surface area contributed by atoms with Gasteiger partial charge in [-0.25, -0.2) is 0 Å². The monoisotopic (exact) mass is 421 g/mol. The first kappa shape index (κ1) is 22.2. The molecular formula is C22H35N3O3S. The van der Waals surface area contributed by atoms with E-state index >= 15 is 0 Å². The molecule has 29 heavy (non-hydrogen) atoms. The van der Waals surface area contributed by atoms with E-state index in [1.54, 1.807) is 6.07 Å². The van der Waals surface area contributed by atoms with Gasteiger partial charge in [0.15, 0.2) is 0 Å². The largest absolute Gasteiger partial charge is 0.508 e. The summed E-state index contributed by atoms with van der Waals surface area (Å²) < 4.78 is 6.53. The van der Waals surface area contributed by atoms with Crippen molar-refractivity contribution in [2.45, 2.75) is 51.7 Å². The Balaban J connectivity index is 1.63. The van der Waals surface area contributed by atoms with Gasteiger partial charge in [-0.1, -0.05) is 20.8 Å². The first-order valence-corrected chi connectivity index (χ1v) is 11.1. The average molecular weight is 422 g/mol. The van der Waals surface area contributed by atoms with E-state index in [9.17, 15) is 9.90 Å². The summed E-state index contributed by atoms with van der Waals surface area (Å²) in [6.45, 7) is 12.9. The Labute approximate surface area is 179 Å². The van der Waals surface area contributed by atoms with Gasteiger partial charge in [0, 0.05) is 55.9 Å². The van der Waals surface area contributed by atoms with Crippen molar-refractivity contribution in [3.05, 3.63) is 23.8 Å². The number of nitrogens with zero attached hydrogens (tertiary/aromatic N) is 2. The number of rotatable bonds is 5. The van der Waals surface area contributed by atoms with Crippen LogP contribution in [0.3, 0.4) is 0 Å². The topological polar surface area (TPSA) is 79.0 Å². The molecule has 3 rings (SSSR count). The van der Waals surface area contributed by atoms with E-state index in [0.717, 1.165) is 37.4 Å². The highest BCUT2D eigenvalue weighted by Crippen LogP contribution is 2.54. The summed E-state index contributed by atoms with van der Waals surface area (Å²) >= 11 is 4.13. The van der Waals surface area contributed by atoms with Crippen molar-refractivity contribution >= 4 is 18.5 Å². The van der Waals surface area contributed by atoms with Crippen LogP contribution in [0.25, 0.3) is 0 Å². The number of thiol groups is 1. The Bertz CT molecular complexity index is 749. The molecule has 0 spiro atoms. The normalized spacial score (nSPS) is 27.8. The number of ether oxygens (including phenoxy) is 1. The summed E-state index contributed by atoms with van der Waals surface area (Å²) in [7, 11) is 0. The number of hydrogen-bond donors (Lipinski definition) is 3. The van der Waals surface area contributed by atoms with Crippen LogP contribution >= 0.6 is 12.6 Å². The number of hydrogen-bond acceptors (Lipinski definition) is 6. The van der Waals surface area contributed by atoms with Crippen LogP contribution in [0.1, 0.15) is 45.6 Å². The lowest BCUT2D eigenvalue weighted by atomic mass is 9.62. The fraction of sp³-hybridized carbons (Fsp3) is 0.682. The van der Waals surface area contributed by atoms with Gasteiger partial charge in [0.05, 0.1) is 6.04 Å². The van der Waals surface area contributed by atoms with Gasteiger partial charge in [-0.15, -0.1) is 0 Å². The zero-order valence-corrected chi connectivity index (χ0v) is 18.9. The highest BCUT2D eigenvalue weighted by molar-refractivity contribution is 7.80. The second-order valence-corrected chi connectivity index (χ2v) is 9.57. The Hall–Kier alpha value is -1.44. The van der Waals surface area contributed by atoms with Crippen molar-refractivity contribution in [2.24, 2.45) is 11.1 Å². The molecule has 0 bridgehead atoms. The fourth-order valence-corrected chi connectivity index (χ4v) is 4.59. The molecule has 0 radical (unpaired) electrons. The third-order valence-corrected chi connectivity index (χ3v) is 7.74. The van der Waals surface area contributed by atoms with Gasteiger partial charge in [-0.05, 0) is 31.0 Å². The van der Waals surface area contributed by atoms with Crippen LogP contribution in [0.4, 0.5) is 0 Å². The van der Waals surface area contributed by atoms with Gasteiger partial charge in [0.2, 0.25) is 5.91 Å². The molecule has 2 unspecified atom stereocenters. The third kappa shape index (κ3) is 4.23. The van der Waals surface area contributed by atoms with Crippen molar-refractivity contribution in [3.8, 4) is 11.5 Å². The molecule has 7 heteroatoms. The van der Waals surface area contributed by atoms with Crippen LogP contribution in [0.5, 0.6) is 11.5 Å². The Morgan fingerprint density at radius 3 is 2.59 bits per heavy atom. The summed E-state index contributed by atoms with van der Waals surface area (Å²) in [4.78, 5) is 16.5. The van der Waals surface area contributed by atoms with Crippen molar-refractivity contribution in [2.75, 3.05) is 38.5 Å². The van der Waals surface area contributed by atoms with Crippen LogP contribution in [-0.2, 0) is 4.79 Å². The van der Waals surface area contributed by atoms with Crippen LogP contribution < -0.4 is 10.5 Å². The minimum absolute atomic E-state index is 0.00274. The number of phenolic OH excluding ortho intramolecular Hbond substituents is 1. The Morgan fingerprint density at radius 1 is 1.31 bits per heavy atom. The second-order valence-electron chi connectivity index (χ2n) is 9.20. The van der Waals surface area contributed by atoms with E-state index in [1.807, 2.05) is 17.0 Å². The summed E-state index contributed by atoms with van der Waals surface area (Å²) in [5.41, 5.74) is 6.49. The second kappa shape index (κ2) is 8.36. The van der Waals surface area contributed by atoms with Crippen molar-refractivity contribution in [1.29, 1.82) is 0 Å². The highest BCUT2D eigenvalue weighted by atomic mass is 32.1. The summed E-state index contributed by atoms with van der Waals surface area (Å²) in [5.74, 6) is 1.79. The maximum absolute atomic E-state index is 12.2. The number of carbonyl (C=O) groups excluding carboxylic acids is 1. The minimum Gasteiger partial charge on any atom is -0.508 e. The van der Waals surface area contributed by atoms with E-state index in [1.165, 1.54) is 0 Å². The van der Waals surface area contributed by atoms with E-state index in [2.05, 4.69) is 45.2 Å². The van der Waals surface area contributed by atoms with Crippen molar-refractivity contribution < 1.29 is 14.6 Å². The molecule has 162 valence electrons. The van der Waals surface area contributed by atoms with E-state index in [-0.39, 0.29) is 28.6 Å². The molecule has 6 nitrogen and oxygen atoms in total. The lowest BCUT2D eigenvalue weighted by molar-refractivity contribution is -0.134. The quantitative estimate of drug-likeness (QED) is 0.637. The molecule has 2 aliphatic heterocycles. The molecule has 1 fully saturated rings. The third-order valence-electron chi connectivity index (χ3n) is 7.34. The molecule has 2 heterocycles. The summed E-state index contributed by atoms with van der Waals surface area (Å²) in [5, 5.41) is 9.89.